The van der Waals surface area contributed by atoms with E-state index in [9.17, 15) is 4.79 Å². The van der Waals surface area contributed by atoms with Gasteiger partial charge in [0.15, 0.2) is 0 Å². The Kier molecular flexibility index (Phi) is 5.37. The van der Waals surface area contributed by atoms with Crippen LogP contribution in [0.2, 0.25) is 0 Å². The molecule has 154 valence electrons. The summed E-state index contributed by atoms with van der Waals surface area (Å²) in [5.74, 6) is 4.42. The maximum Gasteiger partial charge on any atom is 0.223 e. The number of nitrogens with one attached hydrogen (secondary N) is 1. The van der Waals surface area contributed by atoms with Gasteiger partial charge in [-0.25, -0.2) is 9.67 Å². The van der Waals surface area contributed by atoms with E-state index in [0.29, 0.717) is 15.9 Å². The smallest absolute Gasteiger partial charge is 0.223 e. The molecule has 4 atom stereocenters. The molecule has 29 heavy (non-hydrogen) atoms. The van der Waals surface area contributed by atoms with Crippen LogP contribution in [0.1, 0.15) is 50.6 Å². The Hall–Kier alpha value is -1.47. The highest BCUT2D eigenvalue weighted by molar-refractivity contribution is 8.21. The zero-order valence-electron chi connectivity index (χ0n) is 16.8. The highest BCUT2D eigenvalue weighted by atomic mass is 32.2. The maximum atomic E-state index is 13.1. The van der Waals surface area contributed by atoms with Crippen molar-refractivity contribution in [3.8, 4) is 5.69 Å². The van der Waals surface area contributed by atoms with Crippen LogP contribution in [0.4, 0.5) is 0 Å². The molecule has 3 fully saturated rings. The number of thioether (sulfide) groups is 2. The summed E-state index contributed by atoms with van der Waals surface area (Å²) in [7, 11) is 0. The van der Waals surface area contributed by atoms with Crippen molar-refractivity contribution in [3.63, 3.8) is 0 Å². The Morgan fingerprint density at radius 2 is 1.86 bits per heavy atom. The van der Waals surface area contributed by atoms with Crippen LogP contribution in [0.3, 0.4) is 0 Å². The summed E-state index contributed by atoms with van der Waals surface area (Å²) in [5.41, 5.74) is 2.10. The van der Waals surface area contributed by atoms with E-state index in [-0.39, 0.29) is 17.9 Å². The first-order valence-electron chi connectivity index (χ1n) is 10.7. The van der Waals surface area contributed by atoms with Crippen molar-refractivity contribution in [2.45, 2.75) is 49.1 Å². The van der Waals surface area contributed by atoms with Gasteiger partial charge in [-0.05, 0) is 62.1 Å². The van der Waals surface area contributed by atoms with E-state index in [1.54, 1.807) is 11.0 Å². The van der Waals surface area contributed by atoms with Crippen LogP contribution in [0, 0.1) is 17.8 Å². The normalized spacial score (nSPS) is 28.9. The Bertz CT molecular complexity index is 832. The number of hydrogen-bond acceptors (Lipinski definition) is 5. The molecule has 1 N–H and O–H groups in total. The zero-order valence-corrected chi connectivity index (χ0v) is 18.4. The molecule has 1 aromatic heterocycles. The summed E-state index contributed by atoms with van der Waals surface area (Å²) in [5, 5.41) is 7.46. The minimum Gasteiger partial charge on any atom is -0.349 e. The Balaban J connectivity index is 1.24. The van der Waals surface area contributed by atoms with Crippen molar-refractivity contribution >= 4 is 29.4 Å². The Labute approximate surface area is 180 Å². The second kappa shape index (κ2) is 7.99. The lowest BCUT2D eigenvalue weighted by molar-refractivity contribution is -0.128. The molecule has 2 saturated carbocycles. The lowest BCUT2D eigenvalue weighted by Gasteiger charge is -2.52. The molecule has 0 radical (unpaired) electrons. The number of rotatable bonds is 4. The van der Waals surface area contributed by atoms with Gasteiger partial charge in [-0.3, -0.25) is 4.79 Å². The van der Waals surface area contributed by atoms with Gasteiger partial charge in [0.25, 0.3) is 0 Å². The predicted octanol–water partition coefficient (Wildman–Crippen LogP) is 4.45. The fourth-order valence-electron chi connectivity index (χ4n) is 5.50. The summed E-state index contributed by atoms with van der Waals surface area (Å²) >= 11 is 4.40. The number of benzene rings is 1. The van der Waals surface area contributed by atoms with Gasteiger partial charge in [0.05, 0.1) is 15.8 Å². The van der Waals surface area contributed by atoms with Gasteiger partial charge in [0, 0.05) is 17.4 Å². The summed E-state index contributed by atoms with van der Waals surface area (Å²) in [6.45, 7) is 2.08. The van der Waals surface area contributed by atoms with E-state index in [0.717, 1.165) is 24.1 Å². The van der Waals surface area contributed by atoms with E-state index < -0.39 is 0 Å². The van der Waals surface area contributed by atoms with E-state index >= 15 is 0 Å². The van der Waals surface area contributed by atoms with Crippen LogP contribution < -0.4 is 5.32 Å². The molecular formula is C22H28N4OS2. The van der Waals surface area contributed by atoms with E-state index in [1.165, 1.54) is 37.1 Å². The molecule has 5 nitrogen and oxygen atoms in total. The van der Waals surface area contributed by atoms with Crippen molar-refractivity contribution in [1.29, 1.82) is 0 Å². The second-order valence-corrected chi connectivity index (χ2v) is 11.6. The second-order valence-electron chi connectivity index (χ2n) is 8.57. The first-order chi connectivity index (χ1) is 14.2. The Morgan fingerprint density at radius 3 is 2.48 bits per heavy atom. The monoisotopic (exact) mass is 428 g/mol. The van der Waals surface area contributed by atoms with Gasteiger partial charge in [0.2, 0.25) is 5.91 Å². The number of aromatic nitrogens is 3. The third-order valence-corrected chi connectivity index (χ3v) is 10.9. The summed E-state index contributed by atoms with van der Waals surface area (Å²) in [6.07, 6.45) is 9.32. The first kappa shape index (κ1) is 19.5. The van der Waals surface area contributed by atoms with Gasteiger partial charge in [0.1, 0.15) is 12.7 Å². The van der Waals surface area contributed by atoms with Crippen molar-refractivity contribution in [3.05, 3.63) is 42.5 Å². The zero-order chi connectivity index (χ0) is 19.8. The fraction of sp³-hybridized carbons (Fsp3) is 0.591. The molecule has 5 rings (SSSR count). The minimum absolute atomic E-state index is 0.0123. The molecule has 1 aromatic carbocycles. The molecule has 2 aromatic rings. The van der Waals surface area contributed by atoms with Gasteiger partial charge >= 0.3 is 0 Å². The number of carbonyl (C=O) groups excluding carboxylic acids is 1. The van der Waals surface area contributed by atoms with Gasteiger partial charge in [-0.15, -0.1) is 23.5 Å². The maximum absolute atomic E-state index is 13.1. The summed E-state index contributed by atoms with van der Waals surface area (Å²) in [6, 6.07) is 8.20. The highest BCUT2D eigenvalue weighted by Crippen LogP contribution is 2.64. The molecule has 2 aliphatic carbocycles. The number of hydrogen-bond donors (Lipinski definition) is 1. The standard InChI is InChI=1S/C22H28N4OS2/c1-15(16-5-7-20(8-6-16)26-14-23-13-24-26)25-21(27)17-11-18-3-2-4-19(12-17)22(18)28-9-10-29-22/h5-8,13-15,17-19H,2-4,9-12H2,1H3,(H,25,27)/t15-,17?,18-,19+/m0/s1. The molecule has 2 heterocycles. The largest absolute Gasteiger partial charge is 0.349 e. The van der Waals surface area contributed by atoms with Crippen LogP contribution in [-0.4, -0.2) is 36.3 Å². The van der Waals surface area contributed by atoms with Crippen molar-refractivity contribution < 1.29 is 4.79 Å². The van der Waals surface area contributed by atoms with E-state index in [4.69, 9.17) is 0 Å². The summed E-state index contributed by atoms with van der Waals surface area (Å²) < 4.78 is 2.17. The topological polar surface area (TPSA) is 59.8 Å². The predicted molar refractivity (Wildman–Crippen MR) is 119 cm³/mol. The molecule has 2 bridgehead atoms. The molecular weight excluding hydrogens is 400 g/mol. The fourth-order valence-corrected chi connectivity index (χ4v) is 9.43. The van der Waals surface area contributed by atoms with E-state index in [1.807, 2.05) is 12.1 Å². The average Bonchev–Trinajstić information content (AvgIpc) is 3.41. The van der Waals surface area contributed by atoms with Crippen LogP contribution >= 0.6 is 23.5 Å². The molecule has 1 unspecified atom stereocenters. The molecule has 7 heteroatoms. The van der Waals surface area contributed by atoms with Crippen molar-refractivity contribution in [2.24, 2.45) is 17.8 Å². The molecule has 1 amide bonds. The molecule has 1 saturated heterocycles. The number of carbonyl (C=O) groups is 1. The van der Waals surface area contributed by atoms with Crippen LogP contribution in [0.5, 0.6) is 0 Å². The van der Waals surface area contributed by atoms with Crippen LogP contribution in [0.25, 0.3) is 5.69 Å². The van der Waals surface area contributed by atoms with E-state index in [2.05, 4.69) is 58.0 Å². The van der Waals surface area contributed by atoms with Gasteiger partial charge in [-0.1, -0.05) is 18.6 Å². The van der Waals surface area contributed by atoms with Crippen molar-refractivity contribution in [2.75, 3.05) is 11.5 Å². The quantitative estimate of drug-likeness (QED) is 0.780. The van der Waals surface area contributed by atoms with Gasteiger partial charge < -0.3 is 5.32 Å². The lowest BCUT2D eigenvalue weighted by Crippen LogP contribution is -2.49. The molecule has 1 aliphatic heterocycles. The Morgan fingerprint density at radius 1 is 1.17 bits per heavy atom. The number of nitrogens with zero attached hydrogens (tertiary/aromatic N) is 3. The number of amides is 1. The summed E-state index contributed by atoms with van der Waals surface area (Å²) in [4.78, 5) is 17.1. The van der Waals surface area contributed by atoms with Gasteiger partial charge in [-0.2, -0.15) is 5.10 Å². The SMILES string of the molecule is C[C@H](NC(=O)C1C[C@H]2CCC[C@@H](C1)C21SCCS1)c1ccc(-n2cncn2)cc1. The molecule has 1 spiro atoms. The first-order valence-corrected chi connectivity index (χ1v) is 12.7. The lowest BCUT2D eigenvalue weighted by atomic mass is 9.67. The third-order valence-electron chi connectivity index (χ3n) is 6.93. The average molecular weight is 429 g/mol. The third kappa shape index (κ3) is 3.61. The van der Waals surface area contributed by atoms with Crippen LogP contribution in [-0.2, 0) is 4.79 Å². The van der Waals surface area contributed by atoms with Crippen molar-refractivity contribution in [1.82, 2.24) is 20.1 Å². The van der Waals surface area contributed by atoms with Crippen LogP contribution in [0.15, 0.2) is 36.9 Å². The molecule has 3 aliphatic rings. The highest BCUT2D eigenvalue weighted by Gasteiger charge is 2.55. The minimum atomic E-state index is 0.0123.